The standard InChI is InChI=1S/C17H16N4O8S/c1-10(22)8-16(23)18-12-7-6-11(29-2)9-14(12)20-19-13-4-3-5-15(30(26,27)28)17(13)21(24)25/h3-7,9H,8H2,1-2H3,(H,18,23)(H,26,27,28). The van der Waals surface area contributed by atoms with Crippen LogP contribution in [0.2, 0.25) is 0 Å². The van der Waals surface area contributed by atoms with Gasteiger partial charge in [-0.15, -0.1) is 10.2 Å². The Morgan fingerprint density at radius 1 is 1.20 bits per heavy atom. The van der Waals surface area contributed by atoms with Crippen LogP contribution in [-0.4, -0.2) is 36.7 Å². The van der Waals surface area contributed by atoms with Gasteiger partial charge in [0, 0.05) is 6.07 Å². The summed E-state index contributed by atoms with van der Waals surface area (Å²) in [7, 11) is -3.50. The number of rotatable bonds is 8. The predicted octanol–water partition coefficient (Wildman–Crippen LogP) is 3.18. The summed E-state index contributed by atoms with van der Waals surface area (Å²) in [5, 5.41) is 21.4. The Hall–Kier alpha value is -3.71. The molecule has 1 amide bonds. The topological polar surface area (TPSA) is 178 Å². The maximum Gasteiger partial charge on any atom is 0.317 e. The van der Waals surface area contributed by atoms with E-state index in [0.29, 0.717) is 5.75 Å². The lowest BCUT2D eigenvalue weighted by Crippen LogP contribution is -2.14. The third-order valence-electron chi connectivity index (χ3n) is 3.59. The predicted molar refractivity (Wildman–Crippen MR) is 104 cm³/mol. The zero-order chi connectivity index (χ0) is 22.5. The second-order valence-electron chi connectivity index (χ2n) is 5.87. The number of azo groups is 1. The van der Waals surface area contributed by atoms with Gasteiger partial charge in [0.15, 0.2) is 10.6 Å². The number of nitro benzene ring substituents is 1. The van der Waals surface area contributed by atoms with Crippen molar-refractivity contribution < 1.29 is 32.2 Å². The van der Waals surface area contributed by atoms with Gasteiger partial charge in [0.25, 0.3) is 0 Å². The van der Waals surface area contributed by atoms with Crippen LogP contribution < -0.4 is 10.1 Å². The second-order valence-corrected chi connectivity index (χ2v) is 7.26. The lowest BCUT2D eigenvalue weighted by Gasteiger charge is -2.09. The molecule has 0 heterocycles. The van der Waals surface area contributed by atoms with Crippen molar-refractivity contribution in [3.05, 3.63) is 46.5 Å². The largest absolute Gasteiger partial charge is 0.497 e. The van der Waals surface area contributed by atoms with E-state index in [1.165, 1.54) is 32.2 Å². The molecule has 0 unspecified atom stereocenters. The van der Waals surface area contributed by atoms with Gasteiger partial charge >= 0.3 is 15.8 Å². The van der Waals surface area contributed by atoms with Gasteiger partial charge in [-0.1, -0.05) is 6.07 Å². The van der Waals surface area contributed by atoms with Crippen molar-refractivity contribution in [3.63, 3.8) is 0 Å². The number of nitrogens with one attached hydrogen (secondary N) is 1. The van der Waals surface area contributed by atoms with Gasteiger partial charge < -0.3 is 10.1 Å². The van der Waals surface area contributed by atoms with E-state index >= 15 is 0 Å². The Bertz CT molecular complexity index is 1140. The maximum atomic E-state index is 11.9. The number of ketones is 1. The molecule has 2 aromatic carbocycles. The number of nitrogens with zero attached hydrogens (tertiary/aromatic N) is 3. The van der Waals surface area contributed by atoms with Crippen molar-refractivity contribution in [1.29, 1.82) is 0 Å². The lowest BCUT2D eigenvalue weighted by molar-refractivity contribution is -0.387. The molecule has 0 fully saturated rings. The summed E-state index contributed by atoms with van der Waals surface area (Å²) < 4.78 is 37.1. The van der Waals surface area contributed by atoms with Gasteiger partial charge in [-0.2, -0.15) is 8.42 Å². The zero-order valence-corrected chi connectivity index (χ0v) is 16.5. The highest BCUT2D eigenvalue weighted by Crippen LogP contribution is 2.37. The number of para-hydroxylation sites is 1. The van der Waals surface area contributed by atoms with E-state index in [2.05, 4.69) is 15.5 Å². The number of hydrogen-bond acceptors (Lipinski definition) is 9. The van der Waals surface area contributed by atoms with Crippen LogP contribution in [0.15, 0.2) is 51.5 Å². The Morgan fingerprint density at radius 2 is 1.87 bits per heavy atom. The fourth-order valence-electron chi connectivity index (χ4n) is 2.34. The molecule has 0 radical (unpaired) electrons. The van der Waals surface area contributed by atoms with E-state index in [9.17, 15) is 32.7 Å². The number of nitro groups is 1. The van der Waals surface area contributed by atoms with Crippen molar-refractivity contribution in [2.75, 3.05) is 12.4 Å². The average Bonchev–Trinajstić information content (AvgIpc) is 2.65. The molecular weight excluding hydrogens is 420 g/mol. The monoisotopic (exact) mass is 436 g/mol. The van der Waals surface area contributed by atoms with Gasteiger partial charge in [0.05, 0.1) is 24.1 Å². The first-order valence-electron chi connectivity index (χ1n) is 8.17. The third kappa shape index (κ3) is 5.65. The zero-order valence-electron chi connectivity index (χ0n) is 15.7. The molecule has 0 saturated carbocycles. The molecule has 0 aliphatic heterocycles. The molecule has 0 aromatic heterocycles. The van der Waals surface area contributed by atoms with Crippen LogP contribution in [-0.2, 0) is 19.7 Å². The number of hydrogen-bond donors (Lipinski definition) is 2. The molecular formula is C17H16N4O8S. The van der Waals surface area contributed by atoms with Crippen LogP contribution >= 0.6 is 0 Å². The van der Waals surface area contributed by atoms with Crippen LogP contribution in [0.3, 0.4) is 0 Å². The van der Waals surface area contributed by atoms with E-state index in [1.807, 2.05) is 0 Å². The smallest absolute Gasteiger partial charge is 0.317 e. The number of Topliss-reactive ketones (excluding diaryl/α,β-unsaturated/α-hetero) is 1. The minimum Gasteiger partial charge on any atom is -0.497 e. The first-order chi connectivity index (χ1) is 14.0. The van der Waals surface area contributed by atoms with Crippen molar-refractivity contribution in [3.8, 4) is 5.75 Å². The summed E-state index contributed by atoms with van der Waals surface area (Å²) in [4.78, 5) is 32.4. The molecule has 2 aromatic rings. The summed E-state index contributed by atoms with van der Waals surface area (Å²) >= 11 is 0. The van der Waals surface area contributed by atoms with E-state index in [1.54, 1.807) is 0 Å². The second kappa shape index (κ2) is 9.19. The van der Waals surface area contributed by atoms with Crippen molar-refractivity contribution in [1.82, 2.24) is 0 Å². The minimum atomic E-state index is -4.88. The van der Waals surface area contributed by atoms with Crippen LogP contribution in [0.1, 0.15) is 13.3 Å². The summed E-state index contributed by atoms with van der Waals surface area (Å²) in [6.45, 7) is 1.25. The number of benzene rings is 2. The molecule has 0 spiro atoms. The minimum absolute atomic E-state index is 0.0257. The Kier molecular flexibility index (Phi) is 6.92. The molecule has 12 nitrogen and oxygen atoms in total. The highest BCUT2D eigenvalue weighted by molar-refractivity contribution is 7.86. The molecule has 158 valence electrons. The number of ether oxygens (including phenoxy) is 1. The van der Waals surface area contributed by atoms with Crippen LogP contribution in [0.25, 0.3) is 0 Å². The van der Waals surface area contributed by atoms with Gasteiger partial charge in [-0.3, -0.25) is 24.3 Å². The molecule has 13 heteroatoms. The number of anilines is 1. The van der Waals surface area contributed by atoms with Gasteiger partial charge in [-0.25, -0.2) is 0 Å². The highest BCUT2D eigenvalue weighted by atomic mass is 32.2. The van der Waals surface area contributed by atoms with Crippen LogP contribution in [0.4, 0.5) is 22.7 Å². The lowest BCUT2D eigenvalue weighted by atomic mass is 10.2. The highest BCUT2D eigenvalue weighted by Gasteiger charge is 2.27. The van der Waals surface area contributed by atoms with E-state index in [-0.39, 0.29) is 23.6 Å². The summed E-state index contributed by atoms with van der Waals surface area (Å²) in [6, 6.07) is 7.42. The molecule has 2 rings (SSSR count). The van der Waals surface area contributed by atoms with Crippen molar-refractivity contribution in [2.45, 2.75) is 18.2 Å². The van der Waals surface area contributed by atoms with E-state index < -0.39 is 37.2 Å². The normalized spacial score (nSPS) is 11.3. The Balaban J connectivity index is 2.53. The molecule has 0 saturated heterocycles. The number of carbonyl (C=O) groups is 2. The first-order valence-corrected chi connectivity index (χ1v) is 9.61. The van der Waals surface area contributed by atoms with Crippen LogP contribution in [0.5, 0.6) is 5.75 Å². The van der Waals surface area contributed by atoms with Gasteiger partial charge in [-0.05, 0) is 31.2 Å². The molecule has 30 heavy (non-hydrogen) atoms. The van der Waals surface area contributed by atoms with Crippen molar-refractivity contribution in [2.24, 2.45) is 10.2 Å². The number of carbonyl (C=O) groups excluding carboxylic acids is 2. The summed E-state index contributed by atoms with van der Waals surface area (Å²) in [5.74, 6) is -0.639. The molecule has 2 N–H and O–H groups in total. The third-order valence-corrected chi connectivity index (χ3v) is 4.48. The first kappa shape index (κ1) is 22.6. The molecule has 0 aliphatic rings. The van der Waals surface area contributed by atoms with E-state index in [4.69, 9.17) is 4.74 Å². The Morgan fingerprint density at radius 3 is 2.43 bits per heavy atom. The molecule has 0 bridgehead atoms. The fourth-order valence-corrected chi connectivity index (χ4v) is 3.01. The number of amides is 1. The Labute approximate surface area is 170 Å². The SMILES string of the molecule is COc1ccc(NC(=O)CC(C)=O)c(N=Nc2cccc(S(=O)(=O)O)c2[N+](=O)[O-])c1. The number of methoxy groups -OCH3 is 1. The van der Waals surface area contributed by atoms with Crippen LogP contribution in [0, 0.1) is 10.1 Å². The van der Waals surface area contributed by atoms with Crippen molar-refractivity contribution >= 4 is 44.6 Å². The van der Waals surface area contributed by atoms with Gasteiger partial charge in [0.2, 0.25) is 5.91 Å². The quantitative estimate of drug-likeness (QED) is 0.208. The average molecular weight is 436 g/mol. The molecule has 0 atom stereocenters. The van der Waals surface area contributed by atoms with E-state index in [0.717, 1.165) is 18.2 Å². The fraction of sp³-hybridized carbons (Fsp3) is 0.176. The summed E-state index contributed by atoms with van der Waals surface area (Å²) in [6.07, 6.45) is -0.371. The maximum absolute atomic E-state index is 11.9. The molecule has 0 aliphatic carbocycles. The summed E-state index contributed by atoms with van der Waals surface area (Å²) in [5.41, 5.74) is -1.25. The van der Waals surface area contributed by atoms with Gasteiger partial charge in [0.1, 0.15) is 17.2 Å².